The Balaban J connectivity index is 1.25. The third kappa shape index (κ3) is 3.83. The van der Waals surface area contributed by atoms with Gasteiger partial charge in [0.1, 0.15) is 5.76 Å². The van der Waals surface area contributed by atoms with Gasteiger partial charge in [-0.05, 0) is 50.7 Å². The summed E-state index contributed by atoms with van der Waals surface area (Å²) in [6.07, 6.45) is 6.31. The minimum absolute atomic E-state index is 0.122. The van der Waals surface area contributed by atoms with Gasteiger partial charge in [-0.2, -0.15) is 0 Å². The Hall–Kier alpha value is -2.37. The topological polar surface area (TPSA) is 71.3 Å². The number of aromatic nitrogens is 2. The molecule has 6 heteroatoms. The van der Waals surface area contributed by atoms with E-state index in [1.165, 1.54) is 5.69 Å². The lowest BCUT2D eigenvalue weighted by Crippen LogP contribution is -2.38. The lowest BCUT2D eigenvalue weighted by molar-refractivity contribution is 0.0935. The molecule has 4 rings (SSSR count). The fourth-order valence-corrected chi connectivity index (χ4v) is 3.41. The predicted molar refractivity (Wildman–Crippen MR) is 94.7 cm³/mol. The van der Waals surface area contributed by atoms with Crippen molar-refractivity contribution in [2.75, 3.05) is 24.5 Å². The number of carbonyl (C=O) groups excluding carboxylic acids is 1. The lowest BCUT2D eigenvalue weighted by atomic mass is 9.96. The second kappa shape index (κ2) is 6.86. The molecule has 0 aromatic carbocycles. The standard InChI is InChI=1S/C19H24N4O2/c1-13-10-16(4-7-20-13)23-8-5-14(6-9-23)12-21-19(24)17-11-18(25-22-17)15-2-3-15/h4,7,10-11,14-15H,2-3,5-6,8-9,12H2,1H3,(H,21,24). The molecule has 1 aliphatic heterocycles. The number of rotatable bonds is 5. The summed E-state index contributed by atoms with van der Waals surface area (Å²) >= 11 is 0. The van der Waals surface area contributed by atoms with Gasteiger partial charge in [-0.1, -0.05) is 5.16 Å². The van der Waals surface area contributed by atoms with Gasteiger partial charge in [0.25, 0.3) is 5.91 Å². The van der Waals surface area contributed by atoms with E-state index in [4.69, 9.17) is 4.52 Å². The van der Waals surface area contributed by atoms with E-state index in [1.807, 2.05) is 13.1 Å². The number of nitrogens with one attached hydrogen (secondary N) is 1. The van der Waals surface area contributed by atoms with Gasteiger partial charge in [-0.3, -0.25) is 9.78 Å². The average molecular weight is 340 g/mol. The van der Waals surface area contributed by atoms with E-state index in [2.05, 4.69) is 32.5 Å². The van der Waals surface area contributed by atoms with Crippen LogP contribution in [0.1, 0.15) is 53.5 Å². The largest absolute Gasteiger partial charge is 0.371 e. The van der Waals surface area contributed by atoms with Gasteiger partial charge < -0.3 is 14.7 Å². The number of hydrogen-bond donors (Lipinski definition) is 1. The Kier molecular flexibility index (Phi) is 4.42. The summed E-state index contributed by atoms with van der Waals surface area (Å²) in [5, 5.41) is 6.91. The first-order valence-corrected chi connectivity index (χ1v) is 9.11. The van der Waals surface area contributed by atoms with Crippen molar-refractivity contribution in [2.45, 2.75) is 38.5 Å². The van der Waals surface area contributed by atoms with Crippen LogP contribution in [0, 0.1) is 12.8 Å². The molecule has 25 heavy (non-hydrogen) atoms. The zero-order valence-corrected chi connectivity index (χ0v) is 14.6. The molecule has 1 aliphatic carbocycles. The van der Waals surface area contributed by atoms with Crippen LogP contribution in [0.15, 0.2) is 28.9 Å². The maximum absolute atomic E-state index is 12.2. The molecular formula is C19H24N4O2. The van der Waals surface area contributed by atoms with Crippen LogP contribution in [-0.4, -0.2) is 35.7 Å². The summed E-state index contributed by atoms with van der Waals surface area (Å²) in [4.78, 5) is 18.9. The van der Waals surface area contributed by atoms with Gasteiger partial charge in [-0.25, -0.2) is 0 Å². The fraction of sp³-hybridized carbons (Fsp3) is 0.526. The van der Waals surface area contributed by atoms with Crippen molar-refractivity contribution in [1.29, 1.82) is 0 Å². The molecule has 1 saturated heterocycles. The molecule has 3 heterocycles. The number of carbonyl (C=O) groups is 1. The van der Waals surface area contributed by atoms with Crippen LogP contribution in [0.5, 0.6) is 0 Å². The van der Waals surface area contributed by atoms with Crippen LogP contribution < -0.4 is 10.2 Å². The molecular weight excluding hydrogens is 316 g/mol. The molecule has 132 valence electrons. The highest BCUT2D eigenvalue weighted by molar-refractivity contribution is 5.92. The Bertz CT molecular complexity index is 745. The molecule has 1 N–H and O–H groups in total. The first-order chi connectivity index (χ1) is 12.2. The predicted octanol–water partition coefficient (Wildman–Crippen LogP) is 2.90. The smallest absolute Gasteiger partial charge is 0.273 e. The Labute approximate surface area is 147 Å². The van der Waals surface area contributed by atoms with E-state index < -0.39 is 0 Å². The van der Waals surface area contributed by atoms with Gasteiger partial charge in [0.15, 0.2) is 5.69 Å². The third-order valence-electron chi connectivity index (χ3n) is 5.15. The normalized spacial score (nSPS) is 18.4. The van der Waals surface area contributed by atoms with Gasteiger partial charge in [0, 0.05) is 49.2 Å². The van der Waals surface area contributed by atoms with Crippen molar-refractivity contribution in [1.82, 2.24) is 15.5 Å². The maximum atomic E-state index is 12.2. The van der Waals surface area contributed by atoms with Crippen molar-refractivity contribution in [3.8, 4) is 0 Å². The van der Waals surface area contributed by atoms with Gasteiger partial charge in [0.05, 0.1) is 0 Å². The molecule has 1 amide bonds. The lowest BCUT2D eigenvalue weighted by Gasteiger charge is -2.33. The van der Waals surface area contributed by atoms with Crippen molar-refractivity contribution >= 4 is 11.6 Å². The van der Waals surface area contributed by atoms with E-state index >= 15 is 0 Å². The van der Waals surface area contributed by atoms with E-state index in [-0.39, 0.29) is 5.91 Å². The summed E-state index contributed by atoms with van der Waals surface area (Å²) in [5.41, 5.74) is 2.70. The van der Waals surface area contributed by atoms with Crippen LogP contribution in [0.2, 0.25) is 0 Å². The van der Waals surface area contributed by atoms with Crippen LogP contribution in [0.25, 0.3) is 0 Å². The second-order valence-electron chi connectivity index (χ2n) is 7.18. The van der Waals surface area contributed by atoms with Crippen LogP contribution in [-0.2, 0) is 0 Å². The maximum Gasteiger partial charge on any atom is 0.273 e. The molecule has 1 saturated carbocycles. The minimum Gasteiger partial charge on any atom is -0.371 e. The number of piperidine rings is 1. The van der Waals surface area contributed by atoms with E-state index in [0.29, 0.717) is 24.1 Å². The van der Waals surface area contributed by atoms with Crippen LogP contribution >= 0.6 is 0 Å². The van der Waals surface area contributed by atoms with Gasteiger partial charge in [-0.15, -0.1) is 0 Å². The molecule has 6 nitrogen and oxygen atoms in total. The minimum atomic E-state index is -0.122. The Morgan fingerprint density at radius 1 is 1.28 bits per heavy atom. The summed E-state index contributed by atoms with van der Waals surface area (Å²) < 4.78 is 5.25. The summed E-state index contributed by atoms with van der Waals surface area (Å²) in [6.45, 7) is 4.75. The van der Waals surface area contributed by atoms with E-state index in [9.17, 15) is 4.79 Å². The number of nitrogens with zero attached hydrogens (tertiary/aromatic N) is 3. The number of hydrogen-bond acceptors (Lipinski definition) is 5. The van der Waals surface area contributed by atoms with Crippen molar-refractivity contribution in [3.05, 3.63) is 41.5 Å². The van der Waals surface area contributed by atoms with E-state index in [1.54, 1.807) is 6.07 Å². The molecule has 2 aliphatic rings. The average Bonchev–Trinajstić information content (AvgIpc) is 3.37. The molecule has 0 unspecified atom stereocenters. The summed E-state index contributed by atoms with van der Waals surface area (Å²) in [7, 11) is 0. The molecule has 2 fully saturated rings. The van der Waals surface area contributed by atoms with Crippen molar-refractivity contribution in [3.63, 3.8) is 0 Å². The number of anilines is 1. The molecule has 0 spiro atoms. The molecule has 0 atom stereocenters. The first kappa shape index (κ1) is 16.1. The van der Waals surface area contributed by atoms with Crippen molar-refractivity contribution in [2.24, 2.45) is 5.92 Å². The van der Waals surface area contributed by atoms with Crippen molar-refractivity contribution < 1.29 is 9.32 Å². The van der Waals surface area contributed by atoms with Crippen LogP contribution in [0.4, 0.5) is 5.69 Å². The Morgan fingerprint density at radius 2 is 2.08 bits per heavy atom. The monoisotopic (exact) mass is 340 g/mol. The number of aryl methyl sites for hydroxylation is 1. The molecule has 0 bridgehead atoms. The zero-order chi connectivity index (χ0) is 17.2. The Morgan fingerprint density at radius 3 is 2.80 bits per heavy atom. The first-order valence-electron chi connectivity index (χ1n) is 9.11. The quantitative estimate of drug-likeness (QED) is 0.906. The second-order valence-corrected chi connectivity index (χ2v) is 7.18. The third-order valence-corrected chi connectivity index (χ3v) is 5.15. The molecule has 2 aromatic heterocycles. The zero-order valence-electron chi connectivity index (χ0n) is 14.6. The molecule has 0 radical (unpaired) electrons. The van der Waals surface area contributed by atoms with Gasteiger partial charge >= 0.3 is 0 Å². The fourth-order valence-electron chi connectivity index (χ4n) is 3.41. The van der Waals surface area contributed by atoms with E-state index in [0.717, 1.165) is 50.2 Å². The number of amides is 1. The SMILES string of the molecule is Cc1cc(N2CCC(CNC(=O)c3cc(C4CC4)on3)CC2)ccn1. The highest BCUT2D eigenvalue weighted by Crippen LogP contribution is 2.40. The van der Waals surface area contributed by atoms with Crippen LogP contribution in [0.3, 0.4) is 0 Å². The highest BCUT2D eigenvalue weighted by Gasteiger charge is 2.29. The summed E-state index contributed by atoms with van der Waals surface area (Å²) in [6, 6.07) is 5.99. The highest BCUT2D eigenvalue weighted by atomic mass is 16.5. The molecule has 2 aromatic rings. The number of pyridine rings is 1. The summed E-state index contributed by atoms with van der Waals surface area (Å²) in [5.74, 6) is 1.72. The van der Waals surface area contributed by atoms with Gasteiger partial charge in [0.2, 0.25) is 0 Å².